The van der Waals surface area contributed by atoms with Crippen molar-refractivity contribution in [1.82, 2.24) is 10.4 Å². The number of hydrogen-bond acceptors (Lipinski definition) is 4. The van der Waals surface area contributed by atoms with Gasteiger partial charge in [0.15, 0.2) is 0 Å². The minimum atomic E-state index is -0.0965. The first-order valence-electron chi connectivity index (χ1n) is 10.7. The first-order valence-corrected chi connectivity index (χ1v) is 11.1. The van der Waals surface area contributed by atoms with Crippen LogP contribution in [0.15, 0.2) is 41.5 Å². The van der Waals surface area contributed by atoms with Crippen molar-refractivity contribution in [3.8, 4) is 0 Å². The number of piperidine rings is 1. The van der Waals surface area contributed by atoms with Crippen molar-refractivity contribution in [2.75, 3.05) is 18.1 Å². The number of carbonyl (C=O) groups is 1. The maximum absolute atomic E-state index is 13.0. The molecule has 2 heterocycles. The van der Waals surface area contributed by atoms with Gasteiger partial charge in [-0.15, -0.1) is 0 Å². The van der Waals surface area contributed by atoms with Crippen LogP contribution in [0.3, 0.4) is 0 Å². The topological polar surface area (TPSA) is 47.9 Å². The average molecular weight is 425 g/mol. The van der Waals surface area contributed by atoms with Crippen LogP contribution in [0, 0.1) is 20.8 Å². The molecule has 1 fully saturated rings. The molecule has 2 aromatic rings. The Morgan fingerprint density at radius 3 is 2.50 bits per heavy atom. The molecule has 1 unspecified atom stereocenters. The second kappa shape index (κ2) is 8.78. The van der Waals surface area contributed by atoms with E-state index in [4.69, 9.17) is 16.7 Å². The SMILES string of the molecule is Cc1ccc(N2N=C(C(=O)NN3CCCCC3)CC2c2ccc(Cl)cc2C)c(C)c1. The first-order chi connectivity index (χ1) is 14.4. The van der Waals surface area contributed by atoms with Crippen molar-refractivity contribution in [3.63, 3.8) is 0 Å². The van der Waals surface area contributed by atoms with Gasteiger partial charge < -0.3 is 0 Å². The third kappa shape index (κ3) is 4.37. The molecule has 0 spiro atoms. The summed E-state index contributed by atoms with van der Waals surface area (Å²) in [6.07, 6.45) is 4.03. The van der Waals surface area contributed by atoms with E-state index in [1.54, 1.807) is 0 Å². The lowest BCUT2D eigenvalue weighted by atomic mass is 9.96. The van der Waals surface area contributed by atoms with Crippen LogP contribution in [0.5, 0.6) is 0 Å². The molecule has 158 valence electrons. The summed E-state index contributed by atoms with van der Waals surface area (Å²) in [6.45, 7) is 8.05. The molecule has 30 heavy (non-hydrogen) atoms. The summed E-state index contributed by atoms with van der Waals surface area (Å²) in [4.78, 5) is 13.0. The van der Waals surface area contributed by atoms with Crippen molar-refractivity contribution in [2.24, 2.45) is 5.10 Å². The number of amides is 1. The lowest BCUT2D eigenvalue weighted by molar-refractivity contribution is -0.119. The summed E-state index contributed by atoms with van der Waals surface area (Å²) in [5, 5.41) is 9.57. The van der Waals surface area contributed by atoms with E-state index in [-0.39, 0.29) is 11.9 Å². The average Bonchev–Trinajstić information content (AvgIpc) is 3.14. The summed E-state index contributed by atoms with van der Waals surface area (Å²) >= 11 is 6.20. The Hall–Kier alpha value is -2.37. The second-order valence-electron chi connectivity index (χ2n) is 8.39. The maximum Gasteiger partial charge on any atom is 0.281 e. The molecular weight excluding hydrogens is 396 g/mol. The molecule has 2 aromatic carbocycles. The van der Waals surface area contributed by atoms with Crippen molar-refractivity contribution in [2.45, 2.75) is 52.5 Å². The third-order valence-corrected chi connectivity index (χ3v) is 6.21. The van der Waals surface area contributed by atoms with E-state index in [2.05, 4.69) is 50.5 Å². The fourth-order valence-corrected chi connectivity index (χ4v) is 4.63. The predicted octanol–water partition coefficient (Wildman–Crippen LogP) is 5.09. The Kier molecular flexibility index (Phi) is 6.11. The number of hydrogen-bond donors (Lipinski definition) is 1. The van der Waals surface area contributed by atoms with Crippen molar-refractivity contribution in [1.29, 1.82) is 0 Å². The molecule has 0 aliphatic carbocycles. The number of anilines is 1. The summed E-state index contributed by atoms with van der Waals surface area (Å²) in [5.74, 6) is -0.0965. The van der Waals surface area contributed by atoms with Gasteiger partial charge in [0.1, 0.15) is 5.71 Å². The van der Waals surface area contributed by atoms with Crippen LogP contribution in [0.2, 0.25) is 5.02 Å². The van der Waals surface area contributed by atoms with E-state index in [0.29, 0.717) is 12.1 Å². The minimum absolute atomic E-state index is 0.0363. The smallest absolute Gasteiger partial charge is 0.281 e. The second-order valence-corrected chi connectivity index (χ2v) is 8.83. The van der Waals surface area contributed by atoms with Gasteiger partial charge in [-0.3, -0.25) is 15.2 Å². The highest BCUT2D eigenvalue weighted by atomic mass is 35.5. The van der Waals surface area contributed by atoms with E-state index in [9.17, 15) is 4.79 Å². The lowest BCUT2D eigenvalue weighted by Crippen LogP contribution is -2.47. The summed E-state index contributed by atoms with van der Waals surface area (Å²) in [7, 11) is 0. The van der Waals surface area contributed by atoms with Crippen LogP contribution in [0.4, 0.5) is 5.69 Å². The highest BCUT2D eigenvalue weighted by Gasteiger charge is 2.34. The third-order valence-electron chi connectivity index (χ3n) is 5.98. The number of aryl methyl sites for hydroxylation is 3. The minimum Gasteiger partial charge on any atom is -0.284 e. The fourth-order valence-electron chi connectivity index (χ4n) is 4.40. The standard InChI is InChI=1S/C24H29ClN4O/c1-16-7-10-22(18(3)13-16)29-23(20-9-8-19(25)14-17(20)2)15-21(26-29)24(30)27-28-11-5-4-6-12-28/h7-10,13-14,23H,4-6,11-12,15H2,1-3H3,(H,27,30). The fraction of sp³-hybridized carbons (Fsp3) is 0.417. The Bertz CT molecular complexity index is 981. The van der Waals surface area contributed by atoms with Gasteiger partial charge in [-0.05, 0) is 68.5 Å². The predicted molar refractivity (Wildman–Crippen MR) is 123 cm³/mol. The number of hydrazine groups is 1. The first kappa shape index (κ1) is 20.9. The number of nitrogens with zero attached hydrogens (tertiary/aromatic N) is 3. The zero-order chi connectivity index (χ0) is 21.3. The van der Waals surface area contributed by atoms with Crippen molar-refractivity contribution in [3.05, 3.63) is 63.7 Å². The van der Waals surface area contributed by atoms with Crippen molar-refractivity contribution >= 4 is 28.9 Å². The molecule has 0 saturated carbocycles. The quantitative estimate of drug-likeness (QED) is 0.743. The molecule has 1 N–H and O–H groups in total. The van der Waals surface area contributed by atoms with Crippen LogP contribution in [0.25, 0.3) is 0 Å². The lowest BCUT2D eigenvalue weighted by Gasteiger charge is -2.27. The molecule has 0 aromatic heterocycles. The zero-order valence-corrected chi connectivity index (χ0v) is 18.7. The summed E-state index contributed by atoms with van der Waals surface area (Å²) < 4.78 is 0. The van der Waals surface area contributed by atoms with Gasteiger partial charge in [-0.1, -0.05) is 41.8 Å². The molecule has 1 amide bonds. The molecule has 2 aliphatic heterocycles. The van der Waals surface area contributed by atoms with Crippen LogP contribution < -0.4 is 10.4 Å². The van der Waals surface area contributed by atoms with Crippen LogP contribution in [-0.2, 0) is 4.79 Å². The number of rotatable bonds is 4. The molecule has 0 bridgehead atoms. The highest BCUT2D eigenvalue weighted by molar-refractivity contribution is 6.39. The van der Waals surface area contributed by atoms with E-state index >= 15 is 0 Å². The Labute approximate surface area is 183 Å². The Balaban J connectivity index is 1.66. The molecule has 6 heteroatoms. The number of hydrazone groups is 1. The number of nitrogens with one attached hydrogen (secondary N) is 1. The van der Waals surface area contributed by atoms with E-state index in [1.165, 1.54) is 12.0 Å². The van der Waals surface area contributed by atoms with E-state index in [0.717, 1.165) is 53.3 Å². The monoisotopic (exact) mass is 424 g/mol. The Morgan fingerprint density at radius 1 is 1.03 bits per heavy atom. The van der Waals surface area contributed by atoms with Crippen LogP contribution in [-0.4, -0.2) is 29.7 Å². The van der Waals surface area contributed by atoms with Gasteiger partial charge in [0.2, 0.25) is 0 Å². The molecule has 0 radical (unpaired) electrons. The van der Waals surface area contributed by atoms with E-state index in [1.807, 2.05) is 22.2 Å². The van der Waals surface area contributed by atoms with Crippen LogP contribution in [0.1, 0.15) is 54.0 Å². The van der Waals surface area contributed by atoms with Gasteiger partial charge in [-0.25, -0.2) is 5.01 Å². The van der Waals surface area contributed by atoms with Gasteiger partial charge >= 0.3 is 0 Å². The summed E-state index contributed by atoms with van der Waals surface area (Å²) in [5.41, 5.74) is 9.27. The molecule has 4 rings (SSSR count). The Morgan fingerprint density at radius 2 is 1.80 bits per heavy atom. The van der Waals surface area contributed by atoms with E-state index < -0.39 is 0 Å². The van der Waals surface area contributed by atoms with Gasteiger partial charge in [0.05, 0.1) is 11.7 Å². The zero-order valence-electron chi connectivity index (χ0n) is 17.9. The molecule has 1 saturated heterocycles. The highest BCUT2D eigenvalue weighted by Crippen LogP contribution is 2.38. The largest absolute Gasteiger partial charge is 0.284 e. The number of carbonyl (C=O) groups excluding carboxylic acids is 1. The molecular formula is C24H29ClN4O. The molecule has 1 atom stereocenters. The molecule has 5 nitrogen and oxygen atoms in total. The van der Waals surface area contributed by atoms with Gasteiger partial charge in [0, 0.05) is 24.5 Å². The summed E-state index contributed by atoms with van der Waals surface area (Å²) in [6, 6.07) is 12.2. The van der Waals surface area contributed by atoms with Crippen LogP contribution >= 0.6 is 11.6 Å². The maximum atomic E-state index is 13.0. The molecule has 2 aliphatic rings. The number of halogens is 1. The van der Waals surface area contributed by atoms with Gasteiger partial charge in [-0.2, -0.15) is 5.10 Å². The normalized spacial score (nSPS) is 19.7. The number of benzene rings is 2. The van der Waals surface area contributed by atoms with Gasteiger partial charge in [0.25, 0.3) is 5.91 Å². The van der Waals surface area contributed by atoms with Crippen molar-refractivity contribution < 1.29 is 4.79 Å².